The van der Waals surface area contributed by atoms with Crippen molar-refractivity contribution in [1.29, 1.82) is 0 Å². The van der Waals surface area contributed by atoms with E-state index in [0.717, 1.165) is 41.1 Å². The summed E-state index contributed by atoms with van der Waals surface area (Å²) in [6.07, 6.45) is 2.48. The summed E-state index contributed by atoms with van der Waals surface area (Å²) in [6, 6.07) is 18.0. The number of anilines is 1. The third kappa shape index (κ3) is 2.44. The maximum absolute atomic E-state index is 12.6. The van der Waals surface area contributed by atoms with Gasteiger partial charge in [0.2, 0.25) is 0 Å². The lowest BCUT2D eigenvalue weighted by Gasteiger charge is -2.28. The molecule has 4 rings (SSSR count). The Balaban J connectivity index is 1.79. The molecule has 1 aliphatic carbocycles. The summed E-state index contributed by atoms with van der Waals surface area (Å²) in [7, 11) is 1.66. The molecule has 24 heavy (non-hydrogen) atoms. The predicted molar refractivity (Wildman–Crippen MR) is 93.7 cm³/mol. The minimum absolute atomic E-state index is 0.0962. The number of carbonyl (C=O) groups is 1. The molecule has 0 bridgehead atoms. The number of methoxy groups -OCH3 is 1. The van der Waals surface area contributed by atoms with Crippen molar-refractivity contribution < 1.29 is 9.53 Å². The van der Waals surface area contributed by atoms with E-state index in [4.69, 9.17) is 4.74 Å². The lowest BCUT2D eigenvalue weighted by atomic mass is 9.88. The molecule has 0 saturated carbocycles. The first-order valence-corrected chi connectivity index (χ1v) is 8.29. The first-order valence-electron chi connectivity index (χ1n) is 8.29. The second-order valence-electron chi connectivity index (χ2n) is 6.16. The van der Waals surface area contributed by atoms with Gasteiger partial charge in [-0.2, -0.15) is 0 Å². The fourth-order valence-electron chi connectivity index (χ4n) is 3.54. The number of para-hydroxylation sites is 1. The number of benzene rings is 2. The first-order chi connectivity index (χ1) is 11.8. The summed E-state index contributed by atoms with van der Waals surface area (Å²) >= 11 is 0. The van der Waals surface area contributed by atoms with E-state index in [1.165, 1.54) is 0 Å². The number of nitrogens with one attached hydrogen (secondary N) is 1. The highest BCUT2D eigenvalue weighted by molar-refractivity contribution is 5.99. The van der Waals surface area contributed by atoms with Crippen molar-refractivity contribution >= 4 is 11.5 Å². The number of hydrazine groups is 1. The Labute approximate surface area is 141 Å². The molecular weight excluding hydrogens is 300 g/mol. The molecule has 0 saturated heterocycles. The van der Waals surface area contributed by atoms with E-state index >= 15 is 0 Å². The molecule has 1 aliphatic heterocycles. The molecule has 4 heteroatoms. The Bertz CT molecular complexity index is 781. The Morgan fingerprint density at radius 1 is 1.04 bits per heavy atom. The summed E-state index contributed by atoms with van der Waals surface area (Å²) in [5.41, 5.74) is 7.60. The third-order valence-corrected chi connectivity index (χ3v) is 4.71. The molecule has 122 valence electrons. The average molecular weight is 320 g/mol. The van der Waals surface area contributed by atoms with Gasteiger partial charge in [-0.05, 0) is 42.7 Å². The van der Waals surface area contributed by atoms with Crippen molar-refractivity contribution in [3.05, 3.63) is 71.4 Å². The summed E-state index contributed by atoms with van der Waals surface area (Å²) in [5, 5.41) is 2.11. The topological polar surface area (TPSA) is 41.6 Å². The normalized spacial score (nSPS) is 20.0. The van der Waals surface area contributed by atoms with E-state index in [-0.39, 0.29) is 11.8 Å². The zero-order chi connectivity index (χ0) is 16.5. The van der Waals surface area contributed by atoms with E-state index in [0.29, 0.717) is 6.42 Å². The van der Waals surface area contributed by atoms with Crippen LogP contribution in [0.4, 0.5) is 5.69 Å². The molecule has 2 aliphatic rings. The summed E-state index contributed by atoms with van der Waals surface area (Å²) in [6.45, 7) is 0. The monoisotopic (exact) mass is 320 g/mol. The Hall–Kier alpha value is -2.75. The standard InChI is InChI=1S/C20H20N2O2/c1-24-16-12-10-14(11-13-16)20-19-17(8-5-9-18(19)23)21-22(20)15-6-3-2-4-7-15/h2-4,6-7,10-13,20-21H,5,8-9H2,1H3/t20-/m0/s1. The summed E-state index contributed by atoms with van der Waals surface area (Å²) in [5.74, 6) is 1.07. The van der Waals surface area contributed by atoms with E-state index < -0.39 is 0 Å². The molecule has 1 atom stereocenters. The number of nitrogens with zero attached hydrogens (tertiary/aromatic N) is 1. The van der Waals surface area contributed by atoms with Crippen molar-refractivity contribution in [3.63, 3.8) is 0 Å². The maximum atomic E-state index is 12.6. The zero-order valence-corrected chi connectivity index (χ0v) is 13.7. The lowest BCUT2D eigenvalue weighted by molar-refractivity contribution is -0.116. The van der Waals surface area contributed by atoms with Crippen molar-refractivity contribution in [2.24, 2.45) is 0 Å². The van der Waals surface area contributed by atoms with Crippen LogP contribution in [0.5, 0.6) is 5.75 Å². The van der Waals surface area contributed by atoms with Crippen molar-refractivity contribution in [3.8, 4) is 5.75 Å². The number of allylic oxidation sites excluding steroid dienone is 1. The molecule has 0 unspecified atom stereocenters. The molecule has 0 fully saturated rings. The van der Waals surface area contributed by atoms with E-state index in [1.807, 2.05) is 42.5 Å². The largest absolute Gasteiger partial charge is 0.497 e. The Morgan fingerprint density at radius 3 is 2.50 bits per heavy atom. The number of Topliss-reactive ketones (excluding diaryl/α,β-unsaturated/α-hetero) is 1. The van der Waals surface area contributed by atoms with Crippen LogP contribution in [-0.4, -0.2) is 12.9 Å². The van der Waals surface area contributed by atoms with E-state index in [9.17, 15) is 4.79 Å². The molecule has 0 amide bonds. The van der Waals surface area contributed by atoms with Gasteiger partial charge in [0.15, 0.2) is 5.78 Å². The van der Waals surface area contributed by atoms with Gasteiger partial charge in [0.05, 0.1) is 12.8 Å². The fraction of sp³-hybridized carbons (Fsp3) is 0.250. The van der Waals surface area contributed by atoms with Crippen molar-refractivity contribution in [2.75, 3.05) is 12.1 Å². The Kier molecular flexibility index (Phi) is 3.73. The third-order valence-electron chi connectivity index (χ3n) is 4.71. The van der Waals surface area contributed by atoms with Crippen LogP contribution in [0.3, 0.4) is 0 Å². The highest BCUT2D eigenvalue weighted by atomic mass is 16.5. The zero-order valence-electron chi connectivity index (χ0n) is 13.7. The van der Waals surface area contributed by atoms with Gasteiger partial charge >= 0.3 is 0 Å². The van der Waals surface area contributed by atoms with Crippen LogP contribution in [-0.2, 0) is 4.79 Å². The fourth-order valence-corrected chi connectivity index (χ4v) is 3.54. The van der Waals surface area contributed by atoms with Crippen LogP contribution in [0.2, 0.25) is 0 Å². The number of hydrogen-bond donors (Lipinski definition) is 1. The van der Waals surface area contributed by atoms with E-state index in [1.54, 1.807) is 7.11 Å². The van der Waals surface area contributed by atoms with Crippen LogP contribution >= 0.6 is 0 Å². The SMILES string of the molecule is COc1ccc([C@H]2C3=C(CCCC3=O)NN2c2ccccc2)cc1. The molecule has 0 radical (unpaired) electrons. The lowest BCUT2D eigenvalue weighted by Crippen LogP contribution is -2.34. The second kappa shape index (κ2) is 6.04. The highest BCUT2D eigenvalue weighted by Crippen LogP contribution is 2.42. The van der Waals surface area contributed by atoms with Gasteiger partial charge in [-0.3, -0.25) is 9.80 Å². The maximum Gasteiger partial charge on any atom is 0.163 e. The van der Waals surface area contributed by atoms with Crippen LogP contribution < -0.4 is 15.2 Å². The van der Waals surface area contributed by atoms with Gasteiger partial charge in [0, 0.05) is 17.7 Å². The van der Waals surface area contributed by atoms with Crippen LogP contribution in [0.25, 0.3) is 0 Å². The van der Waals surface area contributed by atoms with Crippen molar-refractivity contribution in [1.82, 2.24) is 5.43 Å². The van der Waals surface area contributed by atoms with Crippen LogP contribution in [0.1, 0.15) is 30.9 Å². The number of hydrogen-bond acceptors (Lipinski definition) is 4. The highest BCUT2D eigenvalue weighted by Gasteiger charge is 2.39. The number of ether oxygens (including phenoxy) is 1. The van der Waals surface area contributed by atoms with Gasteiger partial charge in [0.25, 0.3) is 0 Å². The molecule has 2 aromatic carbocycles. The molecule has 0 spiro atoms. The molecule has 2 aromatic rings. The Morgan fingerprint density at radius 2 is 1.79 bits per heavy atom. The molecular formula is C20H20N2O2. The number of rotatable bonds is 3. The number of carbonyl (C=O) groups excluding carboxylic acids is 1. The minimum Gasteiger partial charge on any atom is -0.497 e. The summed E-state index contributed by atoms with van der Waals surface area (Å²) in [4.78, 5) is 12.6. The smallest absolute Gasteiger partial charge is 0.163 e. The van der Waals surface area contributed by atoms with Crippen LogP contribution in [0, 0.1) is 0 Å². The van der Waals surface area contributed by atoms with Gasteiger partial charge in [-0.25, -0.2) is 0 Å². The minimum atomic E-state index is -0.0962. The molecule has 4 nitrogen and oxygen atoms in total. The van der Waals surface area contributed by atoms with Gasteiger partial charge < -0.3 is 10.2 Å². The average Bonchev–Trinajstić information content (AvgIpc) is 3.03. The van der Waals surface area contributed by atoms with Gasteiger partial charge in [-0.1, -0.05) is 30.3 Å². The van der Waals surface area contributed by atoms with Gasteiger partial charge in [-0.15, -0.1) is 0 Å². The van der Waals surface area contributed by atoms with Crippen molar-refractivity contribution in [2.45, 2.75) is 25.3 Å². The predicted octanol–water partition coefficient (Wildman–Crippen LogP) is 3.77. The van der Waals surface area contributed by atoms with Crippen LogP contribution in [0.15, 0.2) is 65.9 Å². The van der Waals surface area contributed by atoms with Gasteiger partial charge in [0.1, 0.15) is 11.8 Å². The quantitative estimate of drug-likeness (QED) is 0.935. The molecule has 1 N–H and O–H groups in total. The second-order valence-corrected chi connectivity index (χ2v) is 6.16. The number of ketones is 1. The first kappa shape index (κ1) is 14.8. The van der Waals surface area contributed by atoms with E-state index in [2.05, 4.69) is 22.6 Å². The summed E-state index contributed by atoms with van der Waals surface area (Å²) < 4.78 is 5.26. The molecule has 1 heterocycles. The molecule has 0 aromatic heterocycles.